The van der Waals surface area contributed by atoms with Crippen molar-refractivity contribution in [3.63, 3.8) is 0 Å². The smallest absolute Gasteiger partial charge is 0.415 e. The van der Waals surface area contributed by atoms with Crippen LogP contribution in [-0.4, -0.2) is 56.4 Å². The van der Waals surface area contributed by atoms with Gasteiger partial charge in [0.05, 0.1) is 30.1 Å². The Balaban J connectivity index is 1.69. The predicted octanol–water partition coefficient (Wildman–Crippen LogP) is 1.87. The summed E-state index contributed by atoms with van der Waals surface area (Å²) in [6.07, 6.45) is 1.54. The van der Waals surface area contributed by atoms with Crippen LogP contribution in [0.3, 0.4) is 0 Å². The highest BCUT2D eigenvalue weighted by Crippen LogP contribution is 2.19. The zero-order valence-corrected chi connectivity index (χ0v) is 16.3. The minimum absolute atomic E-state index is 0.158. The van der Waals surface area contributed by atoms with Crippen LogP contribution >= 0.6 is 0 Å². The van der Waals surface area contributed by atoms with E-state index in [1.54, 1.807) is 43.5 Å². The van der Waals surface area contributed by atoms with Gasteiger partial charge in [0.1, 0.15) is 11.9 Å². The van der Waals surface area contributed by atoms with Crippen molar-refractivity contribution in [3.8, 4) is 0 Å². The molecule has 0 spiro atoms. The minimum atomic E-state index is -0.488. The average molecular weight is 399 g/mol. The van der Waals surface area contributed by atoms with Crippen LogP contribution in [0.25, 0.3) is 0 Å². The number of carbonyl (C=O) groups is 2. The Morgan fingerprint density at radius 3 is 2.79 bits per heavy atom. The van der Waals surface area contributed by atoms with Crippen LogP contribution in [0.5, 0.6) is 0 Å². The second kappa shape index (κ2) is 9.85. The molecule has 1 saturated heterocycles. The Bertz CT molecular complexity index is 837. The molecule has 1 fully saturated rings. The van der Waals surface area contributed by atoms with E-state index in [0.29, 0.717) is 35.9 Å². The first-order chi connectivity index (χ1) is 14.1. The molecule has 29 heavy (non-hydrogen) atoms. The van der Waals surface area contributed by atoms with E-state index in [1.807, 2.05) is 0 Å². The molecule has 154 valence electrons. The van der Waals surface area contributed by atoms with Gasteiger partial charge in [-0.05, 0) is 37.2 Å². The Kier molecular flexibility index (Phi) is 6.99. The zero-order chi connectivity index (χ0) is 20.6. The van der Waals surface area contributed by atoms with Crippen LogP contribution < -0.4 is 21.3 Å². The van der Waals surface area contributed by atoms with Crippen molar-refractivity contribution in [2.45, 2.75) is 12.5 Å². The summed E-state index contributed by atoms with van der Waals surface area (Å²) in [5.74, 6) is 0.0405. The summed E-state index contributed by atoms with van der Waals surface area (Å²) in [6.45, 7) is 2.08. The summed E-state index contributed by atoms with van der Waals surface area (Å²) in [4.78, 5) is 30.7. The molecule has 2 heterocycles. The normalized spacial score (nSPS) is 15.7. The van der Waals surface area contributed by atoms with Crippen molar-refractivity contribution in [2.75, 3.05) is 49.3 Å². The molecule has 2 amide bonds. The number of amides is 2. The maximum absolute atomic E-state index is 12.6. The number of para-hydroxylation sites is 2. The number of carbonyl (C=O) groups excluding carboxylic acids is 2. The van der Waals surface area contributed by atoms with Crippen molar-refractivity contribution in [1.82, 2.24) is 10.3 Å². The number of nitrogens with one attached hydrogen (secondary N) is 2. The number of nitrogens with zero attached hydrogens (tertiary/aromatic N) is 2. The number of ether oxygens (including phenoxy) is 2. The lowest BCUT2D eigenvalue weighted by molar-refractivity contribution is 0.102. The standard InChI is InChI=1S/C20H25N5O4/c1-28-11-10-25(20(27)29-15-8-9-22-13-15)18-7-6-14(12-23-18)19(26)24-17-5-3-2-4-16(17)21/h2-7,12,15,22H,8-11,13,21H2,1H3,(H,24,26). The van der Waals surface area contributed by atoms with Gasteiger partial charge in [-0.15, -0.1) is 0 Å². The number of pyridine rings is 1. The summed E-state index contributed by atoms with van der Waals surface area (Å²) >= 11 is 0. The number of nitrogen functional groups attached to an aromatic ring is 1. The summed E-state index contributed by atoms with van der Waals surface area (Å²) in [5, 5.41) is 5.90. The molecule has 1 aromatic carbocycles. The predicted molar refractivity (Wildman–Crippen MR) is 110 cm³/mol. The molecule has 0 saturated carbocycles. The number of anilines is 3. The number of hydrogen-bond donors (Lipinski definition) is 3. The first-order valence-electron chi connectivity index (χ1n) is 9.38. The SMILES string of the molecule is COCCN(C(=O)OC1CCNC1)c1ccc(C(=O)Nc2ccccc2N)cn1. The lowest BCUT2D eigenvalue weighted by Crippen LogP contribution is -2.37. The van der Waals surface area contributed by atoms with Crippen molar-refractivity contribution < 1.29 is 19.1 Å². The quantitative estimate of drug-likeness (QED) is 0.608. The first-order valence-corrected chi connectivity index (χ1v) is 9.38. The van der Waals surface area contributed by atoms with Gasteiger partial charge in [-0.2, -0.15) is 0 Å². The maximum atomic E-state index is 12.6. The molecule has 9 heteroatoms. The van der Waals surface area contributed by atoms with E-state index in [1.165, 1.54) is 11.1 Å². The third kappa shape index (κ3) is 5.43. The van der Waals surface area contributed by atoms with E-state index in [-0.39, 0.29) is 18.6 Å². The second-order valence-electron chi connectivity index (χ2n) is 6.59. The molecule has 4 N–H and O–H groups in total. The third-order valence-corrected chi connectivity index (χ3v) is 4.52. The number of hydrogen-bond acceptors (Lipinski definition) is 7. The Morgan fingerprint density at radius 1 is 1.31 bits per heavy atom. The van der Waals surface area contributed by atoms with Crippen LogP contribution in [0, 0.1) is 0 Å². The monoisotopic (exact) mass is 399 g/mol. The van der Waals surface area contributed by atoms with Gasteiger partial charge in [-0.3, -0.25) is 9.69 Å². The molecule has 0 aliphatic carbocycles. The van der Waals surface area contributed by atoms with Crippen LogP contribution in [-0.2, 0) is 9.47 Å². The summed E-state index contributed by atoms with van der Waals surface area (Å²) in [6, 6.07) is 10.2. The molecule has 2 aromatic rings. The highest BCUT2D eigenvalue weighted by atomic mass is 16.6. The Labute approximate surface area is 169 Å². The van der Waals surface area contributed by atoms with Crippen LogP contribution in [0.15, 0.2) is 42.6 Å². The molecule has 1 aromatic heterocycles. The maximum Gasteiger partial charge on any atom is 0.415 e. The third-order valence-electron chi connectivity index (χ3n) is 4.52. The molecular weight excluding hydrogens is 374 g/mol. The molecule has 9 nitrogen and oxygen atoms in total. The highest BCUT2D eigenvalue weighted by Gasteiger charge is 2.24. The van der Waals surface area contributed by atoms with Crippen molar-refractivity contribution in [3.05, 3.63) is 48.2 Å². The van der Waals surface area contributed by atoms with Crippen molar-refractivity contribution in [2.24, 2.45) is 0 Å². The summed E-state index contributed by atoms with van der Waals surface area (Å²) in [5.41, 5.74) is 7.19. The van der Waals surface area contributed by atoms with E-state index >= 15 is 0 Å². The van der Waals surface area contributed by atoms with Crippen LogP contribution in [0.1, 0.15) is 16.8 Å². The van der Waals surface area contributed by atoms with Crippen molar-refractivity contribution >= 4 is 29.2 Å². The Hall–Kier alpha value is -3.17. The van der Waals surface area contributed by atoms with Crippen LogP contribution in [0.2, 0.25) is 0 Å². The topological polar surface area (TPSA) is 119 Å². The van der Waals surface area contributed by atoms with E-state index in [9.17, 15) is 9.59 Å². The van der Waals surface area contributed by atoms with Gasteiger partial charge < -0.3 is 25.8 Å². The fourth-order valence-corrected chi connectivity index (χ4v) is 2.90. The zero-order valence-electron chi connectivity index (χ0n) is 16.3. The number of methoxy groups -OCH3 is 1. The largest absolute Gasteiger partial charge is 0.444 e. The van der Waals surface area contributed by atoms with Gasteiger partial charge in [0.2, 0.25) is 0 Å². The lowest BCUT2D eigenvalue weighted by Gasteiger charge is -2.23. The molecule has 1 unspecified atom stereocenters. The highest BCUT2D eigenvalue weighted by molar-refractivity contribution is 6.05. The Morgan fingerprint density at radius 2 is 2.14 bits per heavy atom. The van der Waals surface area contributed by atoms with E-state index in [2.05, 4.69) is 15.6 Å². The van der Waals surface area contributed by atoms with Gasteiger partial charge in [0.15, 0.2) is 0 Å². The summed E-state index contributed by atoms with van der Waals surface area (Å²) in [7, 11) is 1.56. The lowest BCUT2D eigenvalue weighted by atomic mass is 10.2. The fourth-order valence-electron chi connectivity index (χ4n) is 2.90. The number of rotatable bonds is 7. The fraction of sp³-hybridized carbons (Fsp3) is 0.350. The van der Waals surface area contributed by atoms with E-state index < -0.39 is 6.09 Å². The van der Waals surface area contributed by atoms with Gasteiger partial charge in [-0.1, -0.05) is 12.1 Å². The van der Waals surface area contributed by atoms with E-state index in [4.69, 9.17) is 15.2 Å². The van der Waals surface area contributed by atoms with Crippen LogP contribution in [0.4, 0.5) is 22.0 Å². The molecule has 3 rings (SSSR count). The number of aromatic nitrogens is 1. The number of benzene rings is 1. The molecule has 0 radical (unpaired) electrons. The molecule has 1 aliphatic heterocycles. The molecular formula is C20H25N5O4. The molecule has 0 bridgehead atoms. The average Bonchev–Trinajstić information content (AvgIpc) is 3.23. The number of nitrogens with two attached hydrogens (primary N) is 1. The first kappa shape index (κ1) is 20.6. The van der Waals surface area contributed by atoms with Crippen molar-refractivity contribution in [1.29, 1.82) is 0 Å². The van der Waals surface area contributed by atoms with Gasteiger partial charge >= 0.3 is 6.09 Å². The minimum Gasteiger partial charge on any atom is -0.444 e. The molecule has 1 atom stereocenters. The van der Waals surface area contributed by atoms with Gasteiger partial charge in [-0.25, -0.2) is 9.78 Å². The summed E-state index contributed by atoms with van der Waals surface area (Å²) < 4.78 is 10.6. The van der Waals surface area contributed by atoms with Gasteiger partial charge in [0, 0.05) is 19.9 Å². The molecule has 1 aliphatic rings. The second-order valence-corrected chi connectivity index (χ2v) is 6.59. The van der Waals surface area contributed by atoms with Gasteiger partial charge in [0.25, 0.3) is 5.91 Å². The van der Waals surface area contributed by atoms with E-state index in [0.717, 1.165) is 13.0 Å².